The van der Waals surface area contributed by atoms with Crippen LogP contribution in [0.15, 0.2) is 0 Å². The maximum Gasteiger partial charge on any atom is 0.263 e. The second kappa shape index (κ2) is 6.13. The van der Waals surface area contributed by atoms with Gasteiger partial charge in [0.15, 0.2) is 5.75 Å². The number of anilines is 2. The third-order valence-corrected chi connectivity index (χ3v) is 4.98. The second-order valence-electron chi connectivity index (χ2n) is 6.08. The van der Waals surface area contributed by atoms with Gasteiger partial charge in [-0.25, -0.2) is 0 Å². The molecule has 2 rings (SSSR count). The number of ether oxygens (including phenoxy) is 1. The van der Waals surface area contributed by atoms with Gasteiger partial charge < -0.3 is 21.1 Å². The standard InChI is InChI=1S/C15H25N3O2S/c1-5-8-17-13(19)12-10(16)11(20-4)14(21-12)18-15(2,3)9-6-7-9/h9,18H,5-8,16H2,1-4H3,(H,17,19). The van der Waals surface area contributed by atoms with Gasteiger partial charge in [-0.2, -0.15) is 0 Å². The Morgan fingerprint density at radius 2 is 2.14 bits per heavy atom. The van der Waals surface area contributed by atoms with Crippen LogP contribution < -0.4 is 21.1 Å². The lowest BCUT2D eigenvalue weighted by atomic mass is 9.99. The van der Waals surface area contributed by atoms with Gasteiger partial charge in [-0.1, -0.05) is 6.92 Å². The van der Waals surface area contributed by atoms with Gasteiger partial charge in [-0.15, -0.1) is 11.3 Å². The minimum atomic E-state index is -0.130. The number of nitrogens with one attached hydrogen (secondary N) is 2. The number of rotatable bonds is 7. The molecule has 6 heteroatoms. The van der Waals surface area contributed by atoms with Crippen LogP contribution in [0.3, 0.4) is 0 Å². The summed E-state index contributed by atoms with van der Waals surface area (Å²) in [6, 6.07) is 0. The quantitative estimate of drug-likeness (QED) is 0.723. The van der Waals surface area contributed by atoms with Gasteiger partial charge in [-0.05, 0) is 39.0 Å². The SMILES string of the molecule is CCCNC(=O)c1sc(NC(C)(C)C2CC2)c(OC)c1N. The van der Waals surface area contributed by atoms with E-state index in [2.05, 4.69) is 24.5 Å². The van der Waals surface area contributed by atoms with Crippen molar-refractivity contribution in [3.05, 3.63) is 4.88 Å². The van der Waals surface area contributed by atoms with Crippen molar-refractivity contribution >= 4 is 27.9 Å². The molecule has 1 aromatic rings. The van der Waals surface area contributed by atoms with Crippen molar-refractivity contribution in [1.82, 2.24) is 5.32 Å². The van der Waals surface area contributed by atoms with E-state index in [0.717, 1.165) is 11.4 Å². The smallest absolute Gasteiger partial charge is 0.263 e. The van der Waals surface area contributed by atoms with Crippen molar-refractivity contribution in [2.45, 2.75) is 45.6 Å². The lowest BCUT2D eigenvalue weighted by Crippen LogP contribution is -2.32. The molecule has 1 aliphatic carbocycles. The molecule has 1 heterocycles. The molecule has 1 fully saturated rings. The molecule has 0 aromatic carbocycles. The molecule has 21 heavy (non-hydrogen) atoms. The van der Waals surface area contributed by atoms with Crippen LogP contribution in [0.2, 0.25) is 0 Å². The van der Waals surface area contributed by atoms with Crippen LogP contribution in [0.1, 0.15) is 49.7 Å². The summed E-state index contributed by atoms with van der Waals surface area (Å²) in [5.41, 5.74) is 6.49. The molecule has 0 unspecified atom stereocenters. The zero-order valence-corrected chi connectivity index (χ0v) is 14.0. The van der Waals surface area contributed by atoms with E-state index in [4.69, 9.17) is 10.5 Å². The van der Waals surface area contributed by atoms with Crippen molar-refractivity contribution in [2.75, 3.05) is 24.7 Å². The predicted octanol–water partition coefficient (Wildman–Crippen LogP) is 3.08. The number of carbonyl (C=O) groups excluding carboxylic acids is 1. The Morgan fingerprint density at radius 1 is 1.48 bits per heavy atom. The van der Waals surface area contributed by atoms with Crippen LogP contribution in [-0.4, -0.2) is 25.1 Å². The van der Waals surface area contributed by atoms with Crippen molar-refractivity contribution in [2.24, 2.45) is 5.92 Å². The summed E-state index contributed by atoms with van der Waals surface area (Å²) in [7, 11) is 1.58. The third-order valence-electron chi connectivity index (χ3n) is 3.88. The molecule has 4 N–H and O–H groups in total. The average molecular weight is 311 g/mol. The first-order valence-electron chi connectivity index (χ1n) is 7.43. The maximum atomic E-state index is 12.2. The van der Waals surface area contributed by atoms with E-state index in [-0.39, 0.29) is 11.4 Å². The van der Waals surface area contributed by atoms with E-state index >= 15 is 0 Å². The molecule has 1 saturated carbocycles. The van der Waals surface area contributed by atoms with Crippen molar-refractivity contribution < 1.29 is 9.53 Å². The van der Waals surface area contributed by atoms with Gasteiger partial charge in [0.1, 0.15) is 15.6 Å². The first-order chi connectivity index (χ1) is 9.90. The van der Waals surface area contributed by atoms with Crippen LogP contribution in [0, 0.1) is 5.92 Å². The van der Waals surface area contributed by atoms with Crippen molar-refractivity contribution in [3.63, 3.8) is 0 Å². The summed E-state index contributed by atoms with van der Waals surface area (Å²) in [6.45, 7) is 7.02. The van der Waals surface area contributed by atoms with E-state index in [1.165, 1.54) is 24.2 Å². The minimum Gasteiger partial charge on any atom is -0.492 e. The number of hydrogen-bond acceptors (Lipinski definition) is 5. The van der Waals surface area contributed by atoms with Crippen LogP contribution in [0.25, 0.3) is 0 Å². The number of nitrogen functional groups attached to an aromatic ring is 1. The lowest BCUT2D eigenvalue weighted by Gasteiger charge is -2.27. The van der Waals surface area contributed by atoms with E-state index in [1.54, 1.807) is 7.11 Å². The number of nitrogens with two attached hydrogens (primary N) is 1. The number of methoxy groups -OCH3 is 1. The fourth-order valence-electron chi connectivity index (χ4n) is 2.40. The molecule has 5 nitrogen and oxygen atoms in total. The number of thiophene rings is 1. The Kier molecular flexibility index (Phi) is 4.66. The molecular weight excluding hydrogens is 286 g/mol. The van der Waals surface area contributed by atoms with Crippen molar-refractivity contribution in [3.8, 4) is 5.75 Å². The minimum absolute atomic E-state index is 0.0122. The highest BCUT2D eigenvalue weighted by Gasteiger charge is 2.39. The van der Waals surface area contributed by atoms with Gasteiger partial charge in [0, 0.05) is 12.1 Å². The fraction of sp³-hybridized carbons (Fsp3) is 0.667. The van der Waals surface area contributed by atoms with E-state index in [0.29, 0.717) is 28.8 Å². The lowest BCUT2D eigenvalue weighted by molar-refractivity contribution is 0.0958. The van der Waals surface area contributed by atoms with Gasteiger partial charge in [-0.3, -0.25) is 4.79 Å². The summed E-state index contributed by atoms with van der Waals surface area (Å²) in [5.74, 6) is 1.12. The fourth-order valence-corrected chi connectivity index (χ4v) is 3.57. The zero-order chi connectivity index (χ0) is 15.6. The zero-order valence-electron chi connectivity index (χ0n) is 13.2. The van der Waals surface area contributed by atoms with E-state index < -0.39 is 0 Å². The molecule has 0 aliphatic heterocycles. The molecule has 0 radical (unpaired) electrons. The summed E-state index contributed by atoms with van der Waals surface area (Å²) >= 11 is 1.37. The molecule has 1 aliphatic rings. The Bertz CT molecular complexity index is 521. The monoisotopic (exact) mass is 311 g/mol. The summed E-state index contributed by atoms with van der Waals surface area (Å²) in [6.07, 6.45) is 3.38. The van der Waals surface area contributed by atoms with Gasteiger partial charge >= 0.3 is 0 Å². The molecule has 1 aromatic heterocycles. The topological polar surface area (TPSA) is 76.4 Å². The number of hydrogen-bond donors (Lipinski definition) is 3. The van der Waals surface area contributed by atoms with Crippen LogP contribution in [0.4, 0.5) is 10.7 Å². The molecule has 1 amide bonds. The number of amides is 1. The molecule has 118 valence electrons. The van der Waals surface area contributed by atoms with Gasteiger partial charge in [0.25, 0.3) is 5.91 Å². The average Bonchev–Trinajstić information content (AvgIpc) is 3.23. The first kappa shape index (κ1) is 15.9. The van der Waals surface area contributed by atoms with Gasteiger partial charge in [0.2, 0.25) is 0 Å². The van der Waals surface area contributed by atoms with Crippen LogP contribution in [-0.2, 0) is 0 Å². The molecule has 0 saturated heterocycles. The van der Waals surface area contributed by atoms with Gasteiger partial charge in [0.05, 0.1) is 7.11 Å². The second-order valence-corrected chi connectivity index (χ2v) is 7.10. The van der Waals surface area contributed by atoms with Crippen LogP contribution in [0.5, 0.6) is 5.75 Å². The Hall–Kier alpha value is -1.43. The highest BCUT2D eigenvalue weighted by Crippen LogP contribution is 2.47. The first-order valence-corrected chi connectivity index (χ1v) is 8.25. The molecular formula is C15H25N3O2S. The Morgan fingerprint density at radius 3 is 2.67 bits per heavy atom. The highest BCUT2D eigenvalue weighted by atomic mass is 32.1. The van der Waals surface area contributed by atoms with Crippen LogP contribution >= 0.6 is 11.3 Å². The summed E-state index contributed by atoms with van der Waals surface area (Å²) in [5, 5.41) is 7.21. The Balaban J connectivity index is 2.23. The molecule has 0 atom stereocenters. The maximum absolute atomic E-state index is 12.2. The highest BCUT2D eigenvalue weighted by molar-refractivity contribution is 7.19. The van der Waals surface area contributed by atoms with E-state index in [9.17, 15) is 4.79 Å². The Labute approximate surface area is 130 Å². The van der Waals surface area contributed by atoms with Crippen molar-refractivity contribution in [1.29, 1.82) is 0 Å². The van der Waals surface area contributed by atoms with E-state index in [1.807, 2.05) is 6.92 Å². The summed E-state index contributed by atoms with van der Waals surface area (Å²) < 4.78 is 5.40. The largest absolute Gasteiger partial charge is 0.492 e. The molecule has 0 bridgehead atoms. The third kappa shape index (κ3) is 3.43. The molecule has 0 spiro atoms. The number of carbonyl (C=O) groups is 1. The predicted molar refractivity (Wildman–Crippen MR) is 88.3 cm³/mol. The summed E-state index contributed by atoms with van der Waals surface area (Å²) in [4.78, 5) is 12.7. The normalized spacial score (nSPS) is 14.9.